The molecule has 1 heterocycles. The Labute approximate surface area is 120 Å². The number of hydrogen-bond acceptors (Lipinski definition) is 2. The molecule has 0 bridgehead atoms. The first kappa shape index (κ1) is 13.4. The molecule has 0 aliphatic rings. The van der Waals surface area contributed by atoms with Crippen molar-refractivity contribution in [3.05, 3.63) is 44.6 Å². The van der Waals surface area contributed by atoms with Crippen LogP contribution >= 0.6 is 27.5 Å². The third-order valence-corrected chi connectivity index (χ3v) is 3.82. The molecule has 2 rings (SSSR count). The molecule has 0 amide bonds. The monoisotopic (exact) mass is 327 g/mol. The fourth-order valence-electron chi connectivity index (χ4n) is 1.88. The van der Waals surface area contributed by atoms with E-state index in [9.17, 15) is 0 Å². The van der Waals surface area contributed by atoms with Gasteiger partial charge in [-0.15, -0.1) is 0 Å². The molecule has 1 aromatic carbocycles. The summed E-state index contributed by atoms with van der Waals surface area (Å²) in [7, 11) is 1.94. The van der Waals surface area contributed by atoms with Crippen LogP contribution in [0.5, 0.6) is 0 Å². The standard InChI is InChI=1S/C13H15BrClN3/c1-8-13(9(2)18(3)17-8)16-7-10-4-5-11(14)6-12(10)15/h4-6,16H,7H2,1-3H3. The first-order chi connectivity index (χ1) is 8.49. The summed E-state index contributed by atoms with van der Waals surface area (Å²) in [6.07, 6.45) is 0. The highest BCUT2D eigenvalue weighted by atomic mass is 79.9. The average molecular weight is 329 g/mol. The van der Waals surface area contributed by atoms with Crippen LogP contribution in [-0.4, -0.2) is 9.78 Å². The smallest absolute Gasteiger partial charge is 0.0827 e. The predicted molar refractivity (Wildman–Crippen MR) is 79.2 cm³/mol. The first-order valence-corrected chi connectivity index (χ1v) is 6.84. The largest absolute Gasteiger partial charge is 0.378 e. The van der Waals surface area contributed by atoms with E-state index in [1.165, 1.54) is 0 Å². The van der Waals surface area contributed by atoms with Gasteiger partial charge in [0.05, 0.1) is 17.1 Å². The molecule has 0 radical (unpaired) electrons. The maximum Gasteiger partial charge on any atom is 0.0827 e. The van der Waals surface area contributed by atoms with Crippen LogP contribution in [0, 0.1) is 13.8 Å². The molecule has 96 valence electrons. The Hall–Kier alpha value is -1.000. The van der Waals surface area contributed by atoms with Crippen molar-refractivity contribution < 1.29 is 0 Å². The van der Waals surface area contributed by atoms with Crippen molar-refractivity contribution in [1.29, 1.82) is 0 Å². The van der Waals surface area contributed by atoms with Gasteiger partial charge in [-0.3, -0.25) is 4.68 Å². The van der Waals surface area contributed by atoms with E-state index in [2.05, 4.69) is 26.3 Å². The number of benzene rings is 1. The highest BCUT2D eigenvalue weighted by Crippen LogP contribution is 2.24. The highest BCUT2D eigenvalue weighted by molar-refractivity contribution is 9.10. The van der Waals surface area contributed by atoms with Crippen LogP contribution < -0.4 is 5.32 Å². The summed E-state index contributed by atoms with van der Waals surface area (Å²) in [5.74, 6) is 0. The third kappa shape index (κ3) is 2.70. The molecule has 0 atom stereocenters. The summed E-state index contributed by atoms with van der Waals surface area (Å²) in [6.45, 7) is 4.74. The van der Waals surface area contributed by atoms with Crippen molar-refractivity contribution in [1.82, 2.24) is 9.78 Å². The number of aryl methyl sites for hydroxylation is 2. The molecule has 0 saturated heterocycles. The number of nitrogens with one attached hydrogen (secondary N) is 1. The molecule has 2 aromatic rings. The third-order valence-electron chi connectivity index (χ3n) is 2.98. The van der Waals surface area contributed by atoms with Gasteiger partial charge in [-0.05, 0) is 31.5 Å². The average Bonchev–Trinajstić information content (AvgIpc) is 2.53. The van der Waals surface area contributed by atoms with Crippen LogP contribution in [-0.2, 0) is 13.6 Å². The highest BCUT2D eigenvalue weighted by Gasteiger charge is 2.09. The fourth-order valence-corrected chi connectivity index (χ4v) is 2.62. The predicted octanol–water partition coefficient (Wildman–Crippen LogP) is 4.06. The second-order valence-electron chi connectivity index (χ2n) is 4.26. The minimum absolute atomic E-state index is 0.694. The molecular formula is C13H15BrClN3. The number of anilines is 1. The van der Waals surface area contributed by atoms with Gasteiger partial charge in [-0.1, -0.05) is 33.6 Å². The Morgan fingerprint density at radius 3 is 2.67 bits per heavy atom. The summed E-state index contributed by atoms with van der Waals surface area (Å²) >= 11 is 9.59. The Kier molecular flexibility index (Phi) is 3.97. The van der Waals surface area contributed by atoms with E-state index in [4.69, 9.17) is 11.6 Å². The molecule has 0 aliphatic heterocycles. The summed E-state index contributed by atoms with van der Waals surface area (Å²) in [4.78, 5) is 0. The quantitative estimate of drug-likeness (QED) is 0.920. The Morgan fingerprint density at radius 2 is 2.11 bits per heavy atom. The van der Waals surface area contributed by atoms with Crippen molar-refractivity contribution in [2.75, 3.05) is 5.32 Å². The summed E-state index contributed by atoms with van der Waals surface area (Å²) in [5.41, 5.74) is 4.28. The van der Waals surface area contributed by atoms with Gasteiger partial charge in [0.15, 0.2) is 0 Å². The second kappa shape index (κ2) is 5.33. The van der Waals surface area contributed by atoms with E-state index in [-0.39, 0.29) is 0 Å². The summed E-state index contributed by atoms with van der Waals surface area (Å²) < 4.78 is 2.87. The van der Waals surface area contributed by atoms with Crippen LogP contribution in [0.25, 0.3) is 0 Å². The van der Waals surface area contributed by atoms with Crippen LogP contribution in [0.3, 0.4) is 0 Å². The zero-order chi connectivity index (χ0) is 13.3. The summed E-state index contributed by atoms with van der Waals surface area (Å²) in [5, 5.41) is 8.53. The van der Waals surface area contributed by atoms with Gasteiger partial charge < -0.3 is 5.32 Å². The molecule has 0 fully saturated rings. The van der Waals surface area contributed by atoms with Crippen molar-refractivity contribution in [2.24, 2.45) is 7.05 Å². The lowest BCUT2D eigenvalue weighted by molar-refractivity contribution is 0.731. The maximum absolute atomic E-state index is 6.19. The number of aromatic nitrogens is 2. The Balaban J connectivity index is 2.16. The van der Waals surface area contributed by atoms with E-state index in [0.717, 1.165) is 32.1 Å². The molecule has 0 unspecified atom stereocenters. The SMILES string of the molecule is Cc1nn(C)c(C)c1NCc1ccc(Br)cc1Cl. The molecule has 1 N–H and O–H groups in total. The minimum atomic E-state index is 0.694. The van der Waals surface area contributed by atoms with E-state index in [0.29, 0.717) is 6.54 Å². The lowest BCUT2D eigenvalue weighted by Crippen LogP contribution is -2.02. The number of rotatable bonds is 3. The maximum atomic E-state index is 6.19. The van der Waals surface area contributed by atoms with Crippen LogP contribution in [0.2, 0.25) is 5.02 Å². The van der Waals surface area contributed by atoms with Crippen LogP contribution in [0.1, 0.15) is 17.0 Å². The van der Waals surface area contributed by atoms with Gasteiger partial charge in [-0.2, -0.15) is 5.10 Å². The molecule has 0 aliphatic carbocycles. The van der Waals surface area contributed by atoms with Crippen LogP contribution in [0.4, 0.5) is 5.69 Å². The normalized spacial score (nSPS) is 10.7. The first-order valence-electron chi connectivity index (χ1n) is 5.67. The van der Waals surface area contributed by atoms with E-state index >= 15 is 0 Å². The van der Waals surface area contributed by atoms with Crippen molar-refractivity contribution >= 4 is 33.2 Å². The number of halogens is 2. The fraction of sp³-hybridized carbons (Fsp3) is 0.308. The van der Waals surface area contributed by atoms with Gasteiger partial charge in [0.1, 0.15) is 0 Å². The molecule has 0 saturated carbocycles. The molecular weight excluding hydrogens is 314 g/mol. The zero-order valence-corrected chi connectivity index (χ0v) is 12.9. The molecule has 5 heteroatoms. The second-order valence-corrected chi connectivity index (χ2v) is 5.58. The molecule has 0 spiro atoms. The van der Waals surface area contributed by atoms with Crippen molar-refractivity contribution in [3.63, 3.8) is 0 Å². The van der Waals surface area contributed by atoms with Crippen molar-refractivity contribution in [2.45, 2.75) is 20.4 Å². The lowest BCUT2D eigenvalue weighted by atomic mass is 10.2. The van der Waals surface area contributed by atoms with E-state index in [1.807, 2.05) is 43.8 Å². The van der Waals surface area contributed by atoms with Crippen molar-refractivity contribution in [3.8, 4) is 0 Å². The Morgan fingerprint density at radius 1 is 1.39 bits per heavy atom. The van der Waals surface area contributed by atoms with Gasteiger partial charge >= 0.3 is 0 Å². The molecule has 18 heavy (non-hydrogen) atoms. The minimum Gasteiger partial charge on any atom is -0.378 e. The number of nitrogens with zero attached hydrogens (tertiary/aromatic N) is 2. The number of hydrogen-bond donors (Lipinski definition) is 1. The van der Waals surface area contributed by atoms with Gasteiger partial charge in [0.2, 0.25) is 0 Å². The van der Waals surface area contributed by atoms with Gasteiger partial charge in [-0.25, -0.2) is 0 Å². The Bertz CT molecular complexity index is 578. The zero-order valence-electron chi connectivity index (χ0n) is 10.6. The summed E-state index contributed by atoms with van der Waals surface area (Å²) in [6, 6.07) is 5.91. The van der Waals surface area contributed by atoms with Crippen LogP contribution in [0.15, 0.2) is 22.7 Å². The van der Waals surface area contributed by atoms with E-state index < -0.39 is 0 Å². The molecule has 1 aromatic heterocycles. The topological polar surface area (TPSA) is 29.9 Å². The lowest BCUT2D eigenvalue weighted by Gasteiger charge is -2.09. The van der Waals surface area contributed by atoms with E-state index in [1.54, 1.807) is 0 Å². The van der Waals surface area contributed by atoms with Gasteiger partial charge in [0, 0.05) is 23.1 Å². The molecule has 3 nitrogen and oxygen atoms in total. The van der Waals surface area contributed by atoms with Gasteiger partial charge in [0.25, 0.3) is 0 Å².